The predicted octanol–water partition coefficient (Wildman–Crippen LogP) is 3.65. The predicted molar refractivity (Wildman–Crippen MR) is 80.3 cm³/mol. The van der Waals surface area contributed by atoms with Gasteiger partial charge in [-0.2, -0.15) is 15.4 Å². The van der Waals surface area contributed by atoms with E-state index in [1.165, 1.54) is 11.1 Å². The summed E-state index contributed by atoms with van der Waals surface area (Å²) in [7, 11) is 0. The molecule has 0 bridgehead atoms. The molecular formula is C17H17N3. The van der Waals surface area contributed by atoms with E-state index in [2.05, 4.69) is 70.0 Å². The lowest BCUT2D eigenvalue weighted by molar-refractivity contribution is 0.821. The van der Waals surface area contributed by atoms with E-state index in [1.807, 2.05) is 0 Å². The second kappa shape index (κ2) is 6.15. The smallest absolute Gasteiger partial charge is 0.112 e. The molecule has 0 saturated heterocycles. The molecule has 100 valence electrons. The molecule has 2 aromatic carbocycles. The van der Waals surface area contributed by atoms with Crippen LogP contribution in [-0.2, 0) is 12.8 Å². The molecule has 0 saturated carbocycles. The van der Waals surface area contributed by atoms with Crippen molar-refractivity contribution < 1.29 is 0 Å². The van der Waals surface area contributed by atoms with Gasteiger partial charge in [0.2, 0.25) is 0 Å². The minimum atomic E-state index is 0.898. The maximum atomic E-state index is 4.12. The topological polar surface area (TPSA) is 41.6 Å². The summed E-state index contributed by atoms with van der Waals surface area (Å²) in [5.74, 6) is 0. The summed E-state index contributed by atoms with van der Waals surface area (Å²) in [6, 6.07) is 19.2. The molecule has 0 atom stereocenters. The summed E-state index contributed by atoms with van der Waals surface area (Å²) in [4.78, 5) is 0. The molecule has 0 aliphatic heterocycles. The van der Waals surface area contributed by atoms with Gasteiger partial charge < -0.3 is 0 Å². The number of rotatable bonds is 5. The van der Waals surface area contributed by atoms with Gasteiger partial charge in [-0.25, -0.2) is 0 Å². The van der Waals surface area contributed by atoms with Gasteiger partial charge in [-0.15, -0.1) is 0 Å². The number of hydrogen-bond donors (Lipinski definition) is 1. The molecular weight excluding hydrogens is 246 g/mol. The highest BCUT2D eigenvalue weighted by Gasteiger charge is 2.02. The third-order valence-electron chi connectivity index (χ3n) is 3.41. The average molecular weight is 263 g/mol. The first-order valence-corrected chi connectivity index (χ1v) is 6.91. The highest BCUT2D eigenvalue weighted by atomic mass is 15.3. The SMILES string of the molecule is c1ccc(CCCc2cccc(-c3cn[nH]n3)c2)cc1. The van der Waals surface area contributed by atoms with Crippen molar-refractivity contribution in [3.8, 4) is 11.3 Å². The van der Waals surface area contributed by atoms with Crippen molar-refractivity contribution in [1.82, 2.24) is 15.4 Å². The van der Waals surface area contributed by atoms with Gasteiger partial charge >= 0.3 is 0 Å². The second-order valence-electron chi connectivity index (χ2n) is 4.89. The van der Waals surface area contributed by atoms with Crippen LogP contribution in [0.15, 0.2) is 60.8 Å². The van der Waals surface area contributed by atoms with Gasteiger partial charge in [0.25, 0.3) is 0 Å². The number of hydrogen-bond acceptors (Lipinski definition) is 2. The van der Waals surface area contributed by atoms with Crippen LogP contribution in [0.1, 0.15) is 17.5 Å². The number of aromatic amines is 1. The van der Waals surface area contributed by atoms with E-state index in [1.54, 1.807) is 6.20 Å². The normalized spacial score (nSPS) is 10.6. The minimum Gasteiger partial charge on any atom is -0.197 e. The molecule has 0 amide bonds. The standard InChI is InChI=1S/C17H17N3/c1-2-6-14(7-3-1)8-4-9-15-10-5-11-16(12-15)17-13-18-20-19-17/h1-3,5-7,10-13H,4,8-9H2,(H,18,19,20). The molecule has 0 fully saturated rings. The van der Waals surface area contributed by atoms with Gasteiger partial charge in [-0.05, 0) is 36.5 Å². The molecule has 3 heteroatoms. The summed E-state index contributed by atoms with van der Waals surface area (Å²) >= 11 is 0. The number of aromatic nitrogens is 3. The van der Waals surface area contributed by atoms with Crippen LogP contribution in [0, 0.1) is 0 Å². The minimum absolute atomic E-state index is 0.898. The Kier molecular flexibility index (Phi) is 3.88. The summed E-state index contributed by atoms with van der Waals surface area (Å²) in [6.07, 6.45) is 5.12. The van der Waals surface area contributed by atoms with Crippen LogP contribution >= 0.6 is 0 Å². The van der Waals surface area contributed by atoms with Crippen LogP contribution in [0.4, 0.5) is 0 Å². The fourth-order valence-corrected chi connectivity index (χ4v) is 2.37. The molecule has 0 aliphatic rings. The summed E-state index contributed by atoms with van der Waals surface area (Å²) in [5.41, 5.74) is 4.77. The highest BCUT2D eigenvalue weighted by molar-refractivity contribution is 5.58. The summed E-state index contributed by atoms with van der Waals surface area (Å²) in [6.45, 7) is 0. The zero-order chi connectivity index (χ0) is 13.6. The maximum Gasteiger partial charge on any atom is 0.112 e. The molecule has 0 spiro atoms. The third-order valence-corrected chi connectivity index (χ3v) is 3.41. The monoisotopic (exact) mass is 263 g/mol. The van der Waals surface area contributed by atoms with Crippen molar-refractivity contribution in [3.63, 3.8) is 0 Å². The second-order valence-corrected chi connectivity index (χ2v) is 4.89. The van der Waals surface area contributed by atoms with E-state index in [0.29, 0.717) is 0 Å². The van der Waals surface area contributed by atoms with Crippen molar-refractivity contribution in [3.05, 3.63) is 71.9 Å². The van der Waals surface area contributed by atoms with Gasteiger partial charge in [-0.3, -0.25) is 0 Å². The summed E-state index contributed by atoms with van der Waals surface area (Å²) < 4.78 is 0. The van der Waals surface area contributed by atoms with E-state index in [9.17, 15) is 0 Å². The molecule has 3 rings (SSSR count). The van der Waals surface area contributed by atoms with E-state index in [0.717, 1.165) is 30.5 Å². The number of H-pyrrole nitrogens is 1. The lowest BCUT2D eigenvalue weighted by Gasteiger charge is -2.04. The van der Waals surface area contributed by atoms with Crippen molar-refractivity contribution in [2.24, 2.45) is 0 Å². The van der Waals surface area contributed by atoms with Gasteiger partial charge in [0.1, 0.15) is 5.69 Å². The Labute approximate surface area is 118 Å². The van der Waals surface area contributed by atoms with Crippen LogP contribution in [-0.4, -0.2) is 15.4 Å². The van der Waals surface area contributed by atoms with Crippen LogP contribution < -0.4 is 0 Å². The Morgan fingerprint density at radius 1 is 0.850 bits per heavy atom. The van der Waals surface area contributed by atoms with E-state index < -0.39 is 0 Å². The number of benzene rings is 2. The molecule has 0 aliphatic carbocycles. The van der Waals surface area contributed by atoms with Crippen LogP contribution in [0.25, 0.3) is 11.3 Å². The molecule has 3 nitrogen and oxygen atoms in total. The molecule has 3 aromatic rings. The fourth-order valence-electron chi connectivity index (χ4n) is 2.37. The fraction of sp³-hybridized carbons (Fsp3) is 0.176. The number of nitrogens with one attached hydrogen (secondary N) is 1. The molecule has 0 radical (unpaired) electrons. The Hall–Kier alpha value is -2.42. The van der Waals surface area contributed by atoms with Gasteiger partial charge in [-0.1, -0.05) is 48.5 Å². The van der Waals surface area contributed by atoms with Crippen LogP contribution in [0.2, 0.25) is 0 Å². The first-order valence-electron chi connectivity index (χ1n) is 6.91. The third kappa shape index (κ3) is 3.12. The Balaban J connectivity index is 1.62. The van der Waals surface area contributed by atoms with Gasteiger partial charge in [0.15, 0.2) is 0 Å². The molecule has 1 aromatic heterocycles. The van der Waals surface area contributed by atoms with Crippen molar-refractivity contribution >= 4 is 0 Å². The Morgan fingerprint density at radius 3 is 2.45 bits per heavy atom. The quantitative estimate of drug-likeness (QED) is 0.763. The largest absolute Gasteiger partial charge is 0.197 e. The highest BCUT2D eigenvalue weighted by Crippen LogP contribution is 2.18. The summed E-state index contributed by atoms with van der Waals surface area (Å²) in [5, 5.41) is 10.6. The number of aryl methyl sites for hydroxylation is 2. The number of nitrogens with zero attached hydrogens (tertiary/aromatic N) is 2. The first kappa shape index (κ1) is 12.6. The van der Waals surface area contributed by atoms with Crippen molar-refractivity contribution in [2.45, 2.75) is 19.3 Å². The lowest BCUT2D eigenvalue weighted by atomic mass is 10.0. The lowest BCUT2D eigenvalue weighted by Crippen LogP contribution is -1.90. The van der Waals surface area contributed by atoms with Gasteiger partial charge in [0, 0.05) is 5.56 Å². The molecule has 1 N–H and O–H groups in total. The van der Waals surface area contributed by atoms with Crippen LogP contribution in [0.5, 0.6) is 0 Å². The zero-order valence-electron chi connectivity index (χ0n) is 11.3. The van der Waals surface area contributed by atoms with Crippen molar-refractivity contribution in [1.29, 1.82) is 0 Å². The molecule has 20 heavy (non-hydrogen) atoms. The Morgan fingerprint density at radius 2 is 1.65 bits per heavy atom. The molecule has 0 unspecified atom stereocenters. The first-order chi connectivity index (χ1) is 9.92. The van der Waals surface area contributed by atoms with E-state index in [4.69, 9.17) is 0 Å². The molecule has 1 heterocycles. The van der Waals surface area contributed by atoms with Crippen LogP contribution in [0.3, 0.4) is 0 Å². The van der Waals surface area contributed by atoms with E-state index >= 15 is 0 Å². The Bertz CT molecular complexity index is 645. The zero-order valence-corrected chi connectivity index (χ0v) is 11.3. The van der Waals surface area contributed by atoms with E-state index in [-0.39, 0.29) is 0 Å². The van der Waals surface area contributed by atoms with Crippen molar-refractivity contribution in [2.75, 3.05) is 0 Å². The maximum absolute atomic E-state index is 4.12. The average Bonchev–Trinajstić information content (AvgIpc) is 3.03. The van der Waals surface area contributed by atoms with Gasteiger partial charge in [0.05, 0.1) is 6.20 Å².